The first kappa shape index (κ1) is 21.0. The van der Waals surface area contributed by atoms with Gasteiger partial charge in [-0.3, -0.25) is 9.59 Å². The molecule has 0 saturated carbocycles. The van der Waals surface area contributed by atoms with Crippen molar-refractivity contribution in [3.8, 4) is 0 Å². The Morgan fingerprint density at radius 1 is 1.31 bits per heavy atom. The van der Waals surface area contributed by atoms with Gasteiger partial charge in [0.1, 0.15) is 0 Å². The van der Waals surface area contributed by atoms with Crippen LogP contribution in [0.2, 0.25) is 0 Å². The molecule has 0 aliphatic rings. The second-order valence-electron chi connectivity index (χ2n) is 6.28. The summed E-state index contributed by atoms with van der Waals surface area (Å²) in [5, 5.41) is 16.7. The first-order chi connectivity index (χ1) is 14.0. The van der Waals surface area contributed by atoms with Gasteiger partial charge in [0, 0.05) is 23.7 Å². The number of carbonyl (C=O) groups is 2. The summed E-state index contributed by atoms with van der Waals surface area (Å²) < 4.78 is 1.90. The number of rotatable bonds is 8. The molecule has 1 aromatic carbocycles. The van der Waals surface area contributed by atoms with E-state index in [0.29, 0.717) is 28.2 Å². The maximum absolute atomic E-state index is 12.4. The predicted octanol–water partition coefficient (Wildman–Crippen LogP) is 3.11. The Morgan fingerprint density at radius 2 is 2.14 bits per heavy atom. The molecule has 0 saturated heterocycles. The summed E-state index contributed by atoms with van der Waals surface area (Å²) in [4.78, 5) is 28.8. The van der Waals surface area contributed by atoms with E-state index < -0.39 is 0 Å². The van der Waals surface area contributed by atoms with E-state index in [9.17, 15) is 9.59 Å². The molecule has 10 heteroatoms. The number of nitrogens with zero attached hydrogens (tertiary/aromatic N) is 4. The molecule has 3 rings (SSSR count). The van der Waals surface area contributed by atoms with E-state index in [0.717, 1.165) is 5.56 Å². The number of benzene rings is 1. The number of amides is 2. The van der Waals surface area contributed by atoms with E-state index in [1.807, 2.05) is 43.5 Å². The normalized spacial score (nSPS) is 11.8. The van der Waals surface area contributed by atoms with Crippen LogP contribution in [-0.4, -0.2) is 36.8 Å². The van der Waals surface area contributed by atoms with Crippen molar-refractivity contribution < 1.29 is 9.59 Å². The lowest BCUT2D eigenvalue weighted by Crippen LogP contribution is -2.25. The van der Waals surface area contributed by atoms with Crippen LogP contribution in [0.1, 0.15) is 35.6 Å². The number of hydrogen-bond acceptors (Lipinski definition) is 7. The number of thioether (sulfide) groups is 1. The zero-order valence-corrected chi connectivity index (χ0v) is 18.0. The first-order valence-electron chi connectivity index (χ1n) is 9.12. The zero-order valence-electron chi connectivity index (χ0n) is 16.4. The van der Waals surface area contributed by atoms with Gasteiger partial charge in [-0.15, -0.1) is 21.5 Å². The van der Waals surface area contributed by atoms with Crippen molar-refractivity contribution >= 4 is 40.0 Å². The molecule has 2 aromatic heterocycles. The van der Waals surface area contributed by atoms with Gasteiger partial charge in [0.15, 0.2) is 16.1 Å². The Bertz CT molecular complexity index is 987. The maximum Gasteiger partial charge on any atom is 0.251 e. The van der Waals surface area contributed by atoms with E-state index in [2.05, 4.69) is 25.8 Å². The lowest BCUT2D eigenvalue weighted by atomic mass is 10.1. The van der Waals surface area contributed by atoms with Crippen molar-refractivity contribution in [3.63, 3.8) is 0 Å². The molecule has 1 unspecified atom stereocenters. The fraction of sp³-hybridized carbons (Fsp3) is 0.316. The highest BCUT2D eigenvalue weighted by Gasteiger charge is 2.20. The molecule has 0 bridgehead atoms. The highest BCUT2D eigenvalue weighted by Crippen LogP contribution is 2.24. The van der Waals surface area contributed by atoms with Crippen LogP contribution in [0, 0.1) is 6.92 Å². The highest BCUT2D eigenvalue weighted by atomic mass is 32.2. The molecular formula is C19H22N6O2S2. The molecule has 0 aliphatic heterocycles. The topological polar surface area (TPSA) is 102 Å². The summed E-state index contributed by atoms with van der Waals surface area (Å²) >= 11 is 2.69. The summed E-state index contributed by atoms with van der Waals surface area (Å²) in [5.41, 5.74) is 1.63. The van der Waals surface area contributed by atoms with Gasteiger partial charge in [0.05, 0.1) is 11.8 Å². The van der Waals surface area contributed by atoms with Crippen LogP contribution in [0.4, 0.5) is 5.13 Å². The van der Waals surface area contributed by atoms with Gasteiger partial charge in [0.2, 0.25) is 5.91 Å². The smallest absolute Gasteiger partial charge is 0.251 e. The second kappa shape index (κ2) is 9.66. The van der Waals surface area contributed by atoms with Gasteiger partial charge < -0.3 is 15.2 Å². The van der Waals surface area contributed by atoms with Crippen LogP contribution in [0.3, 0.4) is 0 Å². The van der Waals surface area contributed by atoms with Crippen LogP contribution in [-0.2, 0) is 17.9 Å². The predicted molar refractivity (Wildman–Crippen MR) is 114 cm³/mol. The number of thiazole rings is 1. The Kier molecular flexibility index (Phi) is 6.99. The third kappa shape index (κ3) is 5.42. The number of hydrogen-bond donors (Lipinski definition) is 2. The molecule has 29 heavy (non-hydrogen) atoms. The standard InChI is InChI=1S/C19H22N6O2S2/c1-4-25-15(11-21-17(27)14-7-5-6-12(2)10-14)23-24-19(25)29-13(3)16(26)22-18-20-8-9-28-18/h5-10,13H,4,11H2,1-3H3,(H,21,27)(H,20,22,26). The third-order valence-corrected chi connectivity index (χ3v) is 5.88. The molecular weight excluding hydrogens is 408 g/mol. The highest BCUT2D eigenvalue weighted by molar-refractivity contribution is 8.00. The minimum absolute atomic E-state index is 0.148. The van der Waals surface area contributed by atoms with E-state index in [4.69, 9.17) is 0 Å². The van der Waals surface area contributed by atoms with Gasteiger partial charge in [-0.05, 0) is 32.9 Å². The monoisotopic (exact) mass is 430 g/mol. The van der Waals surface area contributed by atoms with Crippen LogP contribution in [0.15, 0.2) is 41.0 Å². The Balaban J connectivity index is 1.62. The fourth-order valence-corrected chi connectivity index (χ4v) is 4.07. The average Bonchev–Trinajstić information content (AvgIpc) is 3.35. The van der Waals surface area contributed by atoms with Crippen molar-refractivity contribution in [2.45, 2.75) is 44.3 Å². The summed E-state index contributed by atoms with van der Waals surface area (Å²) in [6.07, 6.45) is 1.64. The van der Waals surface area contributed by atoms with Crippen molar-refractivity contribution in [2.24, 2.45) is 0 Å². The Morgan fingerprint density at radius 3 is 2.83 bits per heavy atom. The minimum atomic E-state index is -0.372. The Labute approximate surface area is 177 Å². The maximum atomic E-state index is 12.4. The molecule has 2 amide bonds. The van der Waals surface area contributed by atoms with E-state index >= 15 is 0 Å². The summed E-state index contributed by atoms with van der Waals surface area (Å²) in [5.74, 6) is 0.332. The minimum Gasteiger partial charge on any atom is -0.345 e. The third-order valence-electron chi connectivity index (χ3n) is 4.11. The largest absolute Gasteiger partial charge is 0.345 e. The summed E-state index contributed by atoms with van der Waals surface area (Å²) in [6, 6.07) is 7.41. The molecule has 2 N–H and O–H groups in total. The van der Waals surface area contributed by atoms with E-state index in [1.165, 1.54) is 23.1 Å². The fourth-order valence-electron chi connectivity index (χ4n) is 2.61. The molecule has 1 atom stereocenters. The molecule has 0 radical (unpaired) electrons. The molecule has 8 nitrogen and oxygen atoms in total. The van der Waals surface area contributed by atoms with Crippen molar-refractivity contribution in [1.82, 2.24) is 25.1 Å². The van der Waals surface area contributed by atoms with Crippen molar-refractivity contribution in [3.05, 3.63) is 52.8 Å². The number of aromatic nitrogens is 4. The van der Waals surface area contributed by atoms with Crippen LogP contribution in [0.25, 0.3) is 0 Å². The summed E-state index contributed by atoms with van der Waals surface area (Å²) in [7, 11) is 0. The molecule has 0 aliphatic carbocycles. The Hall–Kier alpha value is -2.72. The lowest BCUT2D eigenvalue weighted by molar-refractivity contribution is -0.115. The van der Waals surface area contributed by atoms with Gasteiger partial charge in [-0.2, -0.15) is 0 Å². The first-order valence-corrected chi connectivity index (χ1v) is 10.9. The molecule has 0 fully saturated rings. The lowest BCUT2D eigenvalue weighted by Gasteiger charge is -2.12. The number of anilines is 1. The van der Waals surface area contributed by atoms with Crippen molar-refractivity contribution in [2.75, 3.05) is 5.32 Å². The zero-order chi connectivity index (χ0) is 20.8. The molecule has 3 aromatic rings. The number of nitrogens with one attached hydrogen (secondary N) is 2. The van der Waals surface area contributed by atoms with Crippen LogP contribution >= 0.6 is 23.1 Å². The molecule has 0 spiro atoms. The molecule has 2 heterocycles. The van der Waals surface area contributed by atoms with Gasteiger partial charge >= 0.3 is 0 Å². The van der Waals surface area contributed by atoms with Crippen LogP contribution < -0.4 is 10.6 Å². The van der Waals surface area contributed by atoms with Crippen molar-refractivity contribution in [1.29, 1.82) is 0 Å². The van der Waals surface area contributed by atoms with Gasteiger partial charge in [0.25, 0.3) is 5.91 Å². The van der Waals surface area contributed by atoms with Crippen LogP contribution in [0.5, 0.6) is 0 Å². The SMILES string of the molecule is CCn1c(CNC(=O)c2cccc(C)c2)nnc1SC(C)C(=O)Nc1nccs1. The van der Waals surface area contributed by atoms with Gasteiger partial charge in [-0.1, -0.05) is 29.5 Å². The van der Waals surface area contributed by atoms with E-state index in [1.54, 1.807) is 17.6 Å². The number of carbonyl (C=O) groups excluding carboxylic acids is 2. The summed E-state index contributed by atoms with van der Waals surface area (Å²) in [6.45, 7) is 6.61. The number of aryl methyl sites for hydroxylation is 1. The van der Waals surface area contributed by atoms with E-state index in [-0.39, 0.29) is 23.6 Å². The average molecular weight is 431 g/mol. The van der Waals surface area contributed by atoms with Gasteiger partial charge in [-0.25, -0.2) is 4.98 Å². The quantitative estimate of drug-likeness (QED) is 0.533. The second-order valence-corrected chi connectivity index (χ2v) is 8.48. The molecule has 152 valence electrons.